The third-order valence-electron chi connectivity index (χ3n) is 2.25. The van der Waals surface area contributed by atoms with Crippen LogP contribution in [0.4, 0.5) is 8.78 Å². The van der Waals surface area contributed by atoms with Crippen molar-refractivity contribution < 1.29 is 26.7 Å². The van der Waals surface area contributed by atoms with Crippen LogP contribution in [0, 0.1) is 11.6 Å². The Morgan fingerprint density at radius 1 is 1.35 bits per heavy atom. The summed E-state index contributed by atoms with van der Waals surface area (Å²) in [7, 11) is -4.37. The number of hydrogen-bond acceptors (Lipinski definition) is 4. The molecule has 1 aromatic rings. The number of halogens is 2. The van der Waals surface area contributed by atoms with Crippen LogP contribution >= 0.6 is 0 Å². The Kier molecular flexibility index (Phi) is 5.40. The number of nitrogens with one attached hydrogen (secondary N) is 1. The zero-order chi connectivity index (χ0) is 15.3. The van der Waals surface area contributed by atoms with E-state index >= 15 is 0 Å². The van der Waals surface area contributed by atoms with Gasteiger partial charge in [0.15, 0.2) is 18.2 Å². The van der Waals surface area contributed by atoms with Crippen LogP contribution in [-0.4, -0.2) is 27.5 Å². The lowest BCUT2D eigenvalue weighted by Gasteiger charge is -2.09. The van der Waals surface area contributed by atoms with E-state index in [1.165, 1.54) is 0 Å². The molecule has 0 saturated carbocycles. The maximum atomic E-state index is 13.5. The van der Waals surface area contributed by atoms with Gasteiger partial charge in [-0.15, -0.1) is 0 Å². The van der Waals surface area contributed by atoms with Gasteiger partial charge in [-0.2, -0.15) is 4.39 Å². The van der Waals surface area contributed by atoms with Gasteiger partial charge in [-0.3, -0.25) is 4.79 Å². The van der Waals surface area contributed by atoms with Gasteiger partial charge in [0.25, 0.3) is 5.91 Å². The minimum absolute atomic E-state index is 0.434. The number of benzene rings is 1. The zero-order valence-corrected chi connectivity index (χ0v) is 11.5. The van der Waals surface area contributed by atoms with Gasteiger partial charge in [0, 0.05) is 6.54 Å². The standard InChI is InChI=1S/C11H14F2N2O4S/c1-2-5-15-9(16)6-19-7-3-4-8(20(14,17)18)11(13)10(7)12/h3-4H,2,5-6H2,1H3,(H,15,16)(H2,14,17,18). The quantitative estimate of drug-likeness (QED) is 0.800. The molecule has 0 radical (unpaired) electrons. The second kappa shape index (κ2) is 6.62. The molecule has 0 saturated heterocycles. The summed E-state index contributed by atoms with van der Waals surface area (Å²) in [5.41, 5.74) is 0. The smallest absolute Gasteiger partial charge is 0.257 e. The molecule has 1 rings (SSSR count). The Morgan fingerprint density at radius 2 is 2.00 bits per heavy atom. The molecule has 0 unspecified atom stereocenters. The number of carbonyl (C=O) groups is 1. The lowest BCUT2D eigenvalue weighted by Crippen LogP contribution is -2.29. The van der Waals surface area contributed by atoms with E-state index in [1.807, 2.05) is 6.92 Å². The van der Waals surface area contributed by atoms with Gasteiger partial charge >= 0.3 is 0 Å². The van der Waals surface area contributed by atoms with Crippen molar-refractivity contribution in [2.75, 3.05) is 13.2 Å². The van der Waals surface area contributed by atoms with E-state index in [1.54, 1.807) is 0 Å². The molecule has 9 heteroatoms. The minimum Gasteiger partial charge on any atom is -0.481 e. The highest BCUT2D eigenvalue weighted by molar-refractivity contribution is 7.89. The third kappa shape index (κ3) is 4.14. The van der Waals surface area contributed by atoms with Crippen molar-refractivity contribution in [1.29, 1.82) is 0 Å². The molecule has 3 N–H and O–H groups in total. The van der Waals surface area contributed by atoms with Crippen LogP contribution in [-0.2, 0) is 14.8 Å². The van der Waals surface area contributed by atoms with E-state index in [0.29, 0.717) is 6.54 Å². The number of sulfonamides is 1. The summed E-state index contributed by atoms with van der Waals surface area (Å²) in [5, 5.41) is 7.19. The largest absolute Gasteiger partial charge is 0.481 e. The van der Waals surface area contributed by atoms with Crippen molar-refractivity contribution in [3.05, 3.63) is 23.8 Å². The van der Waals surface area contributed by atoms with Crippen LogP contribution in [0.1, 0.15) is 13.3 Å². The number of amides is 1. The average molecular weight is 308 g/mol. The van der Waals surface area contributed by atoms with Crippen molar-refractivity contribution in [3.63, 3.8) is 0 Å². The highest BCUT2D eigenvalue weighted by Gasteiger charge is 2.21. The molecule has 0 aliphatic heterocycles. The minimum atomic E-state index is -4.37. The van der Waals surface area contributed by atoms with E-state index in [0.717, 1.165) is 18.6 Å². The Bertz CT molecular complexity index is 605. The van der Waals surface area contributed by atoms with Crippen molar-refractivity contribution in [3.8, 4) is 5.75 Å². The van der Waals surface area contributed by atoms with Gasteiger partial charge in [-0.25, -0.2) is 17.9 Å². The SMILES string of the molecule is CCCNC(=O)COc1ccc(S(N)(=O)=O)c(F)c1F. The summed E-state index contributed by atoms with van der Waals surface area (Å²) in [4.78, 5) is 10.3. The summed E-state index contributed by atoms with van der Waals surface area (Å²) >= 11 is 0. The number of ether oxygens (including phenoxy) is 1. The second-order valence-electron chi connectivity index (χ2n) is 3.87. The van der Waals surface area contributed by atoms with Crippen LogP contribution in [0.2, 0.25) is 0 Å². The van der Waals surface area contributed by atoms with Gasteiger partial charge < -0.3 is 10.1 Å². The fourth-order valence-electron chi connectivity index (χ4n) is 1.30. The topological polar surface area (TPSA) is 98.5 Å². The summed E-state index contributed by atoms with van der Waals surface area (Å²) in [6.45, 7) is 1.77. The molecule has 0 atom stereocenters. The number of rotatable bonds is 6. The van der Waals surface area contributed by atoms with Crippen molar-refractivity contribution in [2.45, 2.75) is 18.2 Å². The average Bonchev–Trinajstić information content (AvgIpc) is 2.36. The molecular formula is C11H14F2N2O4S. The summed E-state index contributed by atoms with van der Waals surface area (Å²) in [6, 6.07) is 1.66. The van der Waals surface area contributed by atoms with Gasteiger partial charge in [0.2, 0.25) is 15.8 Å². The molecule has 1 amide bonds. The lowest BCUT2D eigenvalue weighted by atomic mass is 10.3. The van der Waals surface area contributed by atoms with Gasteiger partial charge in [-0.1, -0.05) is 6.92 Å². The van der Waals surface area contributed by atoms with Crippen LogP contribution < -0.4 is 15.2 Å². The Morgan fingerprint density at radius 3 is 2.55 bits per heavy atom. The molecule has 0 bridgehead atoms. The van der Waals surface area contributed by atoms with Gasteiger partial charge in [0.1, 0.15) is 4.90 Å². The highest BCUT2D eigenvalue weighted by atomic mass is 32.2. The highest BCUT2D eigenvalue weighted by Crippen LogP contribution is 2.24. The molecule has 0 aromatic heterocycles. The third-order valence-corrected chi connectivity index (χ3v) is 3.18. The first-order valence-electron chi connectivity index (χ1n) is 5.67. The number of carbonyl (C=O) groups excluding carboxylic acids is 1. The molecule has 1 aromatic carbocycles. The number of nitrogens with two attached hydrogens (primary N) is 1. The van der Waals surface area contributed by atoms with E-state index in [9.17, 15) is 22.0 Å². The zero-order valence-electron chi connectivity index (χ0n) is 10.7. The van der Waals surface area contributed by atoms with E-state index in [-0.39, 0.29) is 0 Å². The molecular weight excluding hydrogens is 294 g/mol. The molecule has 112 valence electrons. The summed E-state index contributed by atoms with van der Waals surface area (Å²) in [5.74, 6) is -4.22. The van der Waals surface area contributed by atoms with E-state index in [2.05, 4.69) is 5.32 Å². The normalized spacial score (nSPS) is 11.2. The number of hydrogen-bond donors (Lipinski definition) is 2. The maximum Gasteiger partial charge on any atom is 0.257 e. The first kappa shape index (κ1) is 16.3. The molecule has 0 heterocycles. The van der Waals surface area contributed by atoms with Crippen molar-refractivity contribution in [1.82, 2.24) is 5.32 Å². The van der Waals surface area contributed by atoms with Crippen LogP contribution in [0.25, 0.3) is 0 Å². The van der Waals surface area contributed by atoms with Gasteiger partial charge in [0.05, 0.1) is 0 Å². The molecule has 0 aliphatic rings. The Hall–Kier alpha value is -1.74. The maximum absolute atomic E-state index is 13.5. The first-order chi connectivity index (χ1) is 9.27. The van der Waals surface area contributed by atoms with Crippen molar-refractivity contribution in [2.24, 2.45) is 5.14 Å². The lowest BCUT2D eigenvalue weighted by molar-refractivity contribution is -0.123. The molecule has 20 heavy (non-hydrogen) atoms. The predicted octanol–water partition coefficient (Wildman–Crippen LogP) is 0.517. The molecule has 0 spiro atoms. The van der Waals surface area contributed by atoms with Crippen LogP contribution in [0.5, 0.6) is 5.75 Å². The fraction of sp³-hybridized carbons (Fsp3) is 0.364. The predicted molar refractivity (Wildman–Crippen MR) is 66.5 cm³/mol. The summed E-state index contributed by atoms with van der Waals surface area (Å²) in [6.07, 6.45) is 0.720. The second-order valence-corrected chi connectivity index (χ2v) is 5.40. The summed E-state index contributed by atoms with van der Waals surface area (Å²) < 4.78 is 53.7. The first-order valence-corrected chi connectivity index (χ1v) is 7.22. The molecule has 0 fully saturated rings. The van der Waals surface area contributed by atoms with E-state index < -0.39 is 44.8 Å². The van der Waals surface area contributed by atoms with Crippen LogP contribution in [0.15, 0.2) is 17.0 Å². The number of primary sulfonamides is 1. The Balaban J connectivity index is 2.84. The van der Waals surface area contributed by atoms with Gasteiger partial charge in [-0.05, 0) is 18.6 Å². The monoisotopic (exact) mass is 308 g/mol. The van der Waals surface area contributed by atoms with Crippen molar-refractivity contribution >= 4 is 15.9 Å². The fourth-order valence-corrected chi connectivity index (χ4v) is 1.90. The van der Waals surface area contributed by atoms with Crippen LogP contribution in [0.3, 0.4) is 0 Å². The Labute approximate surface area is 115 Å². The molecule has 6 nitrogen and oxygen atoms in total. The molecule has 0 aliphatic carbocycles. The van der Waals surface area contributed by atoms with E-state index in [4.69, 9.17) is 9.88 Å².